The Labute approximate surface area is 120 Å². The molecule has 1 atom stereocenters. The Morgan fingerprint density at radius 1 is 1.20 bits per heavy atom. The van der Waals surface area contributed by atoms with Crippen molar-refractivity contribution in [2.24, 2.45) is 5.92 Å². The number of benzene rings is 1. The molecular formula is C17H23NO2. The van der Waals surface area contributed by atoms with Gasteiger partial charge in [-0.1, -0.05) is 24.3 Å². The summed E-state index contributed by atoms with van der Waals surface area (Å²) in [6, 6.07) is 8.68. The molecule has 0 radical (unpaired) electrons. The van der Waals surface area contributed by atoms with Gasteiger partial charge in [0.15, 0.2) is 0 Å². The van der Waals surface area contributed by atoms with E-state index < -0.39 is 5.97 Å². The topological polar surface area (TPSA) is 40.5 Å². The van der Waals surface area contributed by atoms with Crippen LogP contribution in [-0.2, 0) is 11.2 Å². The molecule has 0 aliphatic heterocycles. The standard InChI is InChI=1S/C17H23NO2/c19-17(20)12-18(10-13-8-9-13)11-15-6-3-5-14-4-1-2-7-16(14)15/h1-2,4,7,13,15H,3,5-6,8-12H2,(H,19,20). The maximum absolute atomic E-state index is 11.1. The van der Waals surface area contributed by atoms with Crippen LogP contribution in [-0.4, -0.2) is 35.6 Å². The minimum atomic E-state index is -0.699. The van der Waals surface area contributed by atoms with Gasteiger partial charge in [0.05, 0.1) is 6.54 Å². The summed E-state index contributed by atoms with van der Waals surface area (Å²) in [4.78, 5) is 13.2. The van der Waals surface area contributed by atoms with Gasteiger partial charge in [-0.05, 0) is 55.1 Å². The van der Waals surface area contributed by atoms with Crippen LogP contribution < -0.4 is 0 Å². The van der Waals surface area contributed by atoms with Crippen molar-refractivity contribution >= 4 is 5.97 Å². The van der Waals surface area contributed by atoms with Crippen LogP contribution in [0.15, 0.2) is 24.3 Å². The molecule has 1 N–H and O–H groups in total. The highest BCUT2D eigenvalue weighted by molar-refractivity contribution is 5.69. The Hall–Kier alpha value is -1.35. The van der Waals surface area contributed by atoms with Crippen LogP contribution in [0.4, 0.5) is 0 Å². The second-order valence-corrected chi connectivity index (χ2v) is 6.32. The van der Waals surface area contributed by atoms with Crippen LogP contribution in [0.25, 0.3) is 0 Å². The Bertz CT molecular complexity index is 482. The third kappa shape index (κ3) is 3.40. The molecule has 0 aromatic heterocycles. The largest absolute Gasteiger partial charge is 0.480 e. The van der Waals surface area contributed by atoms with Gasteiger partial charge in [0.25, 0.3) is 0 Å². The average molecular weight is 273 g/mol. The van der Waals surface area contributed by atoms with Gasteiger partial charge in [-0.3, -0.25) is 9.69 Å². The predicted octanol–water partition coefficient (Wildman–Crippen LogP) is 2.90. The number of carboxylic acids is 1. The van der Waals surface area contributed by atoms with Gasteiger partial charge < -0.3 is 5.11 Å². The second kappa shape index (κ2) is 5.96. The van der Waals surface area contributed by atoms with Crippen molar-refractivity contribution in [3.8, 4) is 0 Å². The molecule has 20 heavy (non-hydrogen) atoms. The number of rotatable bonds is 6. The van der Waals surface area contributed by atoms with Crippen molar-refractivity contribution in [1.82, 2.24) is 4.90 Å². The number of carbonyl (C=O) groups is 1. The van der Waals surface area contributed by atoms with Crippen molar-refractivity contribution in [3.05, 3.63) is 35.4 Å². The summed E-state index contributed by atoms with van der Waals surface area (Å²) in [6.07, 6.45) is 6.15. The Morgan fingerprint density at radius 2 is 2.00 bits per heavy atom. The number of carboxylic acid groups (broad SMARTS) is 1. The molecule has 1 aromatic rings. The lowest BCUT2D eigenvalue weighted by atomic mass is 9.82. The van der Waals surface area contributed by atoms with E-state index in [9.17, 15) is 4.79 Å². The Balaban J connectivity index is 1.69. The minimum absolute atomic E-state index is 0.190. The molecule has 3 rings (SSSR count). The molecule has 0 spiro atoms. The summed E-state index contributed by atoms with van der Waals surface area (Å²) >= 11 is 0. The summed E-state index contributed by atoms with van der Waals surface area (Å²) in [5, 5.41) is 9.10. The first-order valence-electron chi connectivity index (χ1n) is 7.74. The zero-order valence-electron chi connectivity index (χ0n) is 11.9. The molecule has 1 fully saturated rings. The summed E-state index contributed by atoms with van der Waals surface area (Å²) in [6.45, 7) is 2.06. The lowest BCUT2D eigenvalue weighted by Gasteiger charge is -2.30. The van der Waals surface area contributed by atoms with Gasteiger partial charge in [-0.15, -0.1) is 0 Å². The summed E-state index contributed by atoms with van der Waals surface area (Å²) in [5.74, 6) is 0.556. The Morgan fingerprint density at radius 3 is 2.75 bits per heavy atom. The minimum Gasteiger partial charge on any atom is -0.480 e. The van der Waals surface area contributed by atoms with Crippen LogP contribution in [0.3, 0.4) is 0 Å². The number of fused-ring (bicyclic) bond motifs is 1. The van der Waals surface area contributed by atoms with E-state index in [2.05, 4.69) is 29.2 Å². The van der Waals surface area contributed by atoms with E-state index in [1.165, 1.54) is 43.2 Å². The number of aliphatic carboxylic acids is 1. The van der Waals surface area contributed by atoms with Crippen molar-refractivity contribution in [1.29, 1.82) is 0 Å². The van der Waals surface area contributed by atoms with Crippen LogP contribution in [0, 0.1) is 5.92 Å². The van der Waals surface area contributed by atoms with Gasteiger partial charge in [0.1, 0.15) is 0 Å². The third-order valence-electron chi connectivity index (χ3n) is 4.54. The van der Waals surface area contributed by atoms with Crippen molar-refractivity contribution in [2.45, 2.75) is 38.0 Å². The van der Waals surface area contributed by atoms with Crippen LogP contribution in [0.5, 0.6) is 0 Å². The van der Waals surface area contributed by atoms with E-state index in [-0.39, 0.29) is 6.54 Å². The molecule has 1 unspecified atom stereocenters. The van der Waals surface area contributed by atoms with Crippen LogP contribution in [0.2, 0.25) is 0 Å². The fourth-order valence-electron chi connectivity index (χ4n) is 3.42. The first-order chi connectivity index (χ1) is 9.72. The van der Waals surface area contributed by atoms with Crippen molar-refractivity contribution < 1.29 is 9.90 Å². The van der Waals surface area contributed by atoms with E-state index in [1.807, 2.05) is 0 Å². The molecule has 1 aromatic carbocycles. The van der Waals surface area contributed by atoms with E-state index in [1.54, 1.807) is 0 Å². The molecule has 0 amide bonds. The number of hydrogen-bond acceptors (Lipinski definition) is 2. The van der Waals surface area contributed by atoms with E-state index in [4.69, 9.17) is 5.11 Å². The normalized spacial score (nSPS) is 21.8. The molecule has 0 heterocycles. The highest BCUT2D eigenvalue weighted by Gasteiger charge is 2.28. The summed E-state index contributed by atoms with van der Waals surface area (Å²) in [5.41, 5.74) is 2.91. The fraction of sp³-hybridized carbons (Fsp3) is 0.588. The molecule has 2 aliphatic carbocycles. The molecule has 3 heteroatoms. The smallest absolute Gasteiger partial charge is 0.317 e. The van der Waals surface area contributed by atoms with E-state index in [0.29, 0.717) is 5.92 Å². The average Bonchev–Trinajstić information content (AvgIpc) is 3.22. The monoisotopic (exact) mass is 273 g/mol. The lowest BCUT2D eigenvalue weighted by Crippen LogP contribution is -2.36. The fourth-order valence-corrected chi connectivity index (χ4v) is 3.42. The SMILES string of the molecule is O=C(O)CN(CC1CC1)CC1CCCc2ccccc21. The van der Waals surface area contributed by atoms with Crippen molar-refractivity contribution in [2.75, 3.05) is 19.6 Å². The van der Waals surface area contributed by atoms with E-state index >= 15 is 0 Å². The quantitative estimate of drug-likeness (QED) is 0.866. The number of nitrogens with zero attached hydrogens (tertiary/aromatic N) is 1. The zero-order chi connectivity index (χ0) is 13.9. The zero-order valence-corrected chi connectivity index (χ0v) is 11.9. The van der Waals surface area contributed by atoms with E-state index in [0.717, 1.165) is 19.0 Å². The summed E-state index contributed by atoms with van der Waals surface area (Å²) < 4.78 is 0. The molecule has 2 aliphatic rings. The van der Waals surface area contributed by atoms with Crippen LogP contribution in [0.1, 0.15) is 42.7 Å². The first-order valence-corrected chi connectivity index (χ1v) is 7.74. The molecule has 108 valence electrons. The Kier molecular flexibility index (Phi) is 4.06. The highest BCUT2D eigenvalue weighted by Crippen LogP contribution is 2.34. The van der Waals surface area contributed by atoms with Gasteiger partial charge in [0, 0.05) is 13.1 Å². The van der Waals surface area contributed by atoms with Gasteiger partial charge in [-0.25, -0.2) is 0 Å². The second-order valence-electron chi connectivity index (χ2n) is 6.32. The molecule has 1 saturated carbocycles. The molecule has 0 bridgehead atoms. The maximum atomic E-state index is 11.1. The van der Waals surface area contributed by atoms with Gasteiger partial charge in [-0.2, -0.15) is 0 Å². The van der Waals surface area contributed by atoms with Crippen molar-refractivity contribution in [3.63, 3.8) is 0 Å². The summed E-state index contributed by atoms with van der Waals surface area (Å²) in [7, 11) is 0. The third-order valence-corrected chi connectivity index (χ3v) is 4.54. The predicted molar refractivity (Wildman–Crippen MR) is 78.9 cm³/mol. The number of hydrogen-bond donors (Lipinski definition) is 1. The number of aryl methyl sites for hydroxylation is 1. The highest BCUT2D eigenvalue weighted by atomic mass is 16.4. The van der Waals surface area contributed by atoms with Gasteiger partial charge >= 0.3 is 5.97 Å². The molecule has 3 nitrogen and oxygen atoms in total. The lowest BCUT2D eigenvalue weighted by molar-refractivity contribution is -0.138. The molecular weight excluding hydrogens is 250 g/mol. The van der Waals surface area contributed by atoms with Crippen LogP contribution >= 0.6 is 0 Å². The maximum Gasteiger partial charge on any atom is 0.317 e. The first kappa shape index (κ1) is 13.6. The molecule has 0 saturated heterocycles. The van der Waals surface area contributed by atoms with Gasteiger partial charge in [0.2, 0.25) is 0 Å².